The molecule has 0 bridgehead atoms. The molecular weight excluding hydrogens is 356 g/mol. The van der Waals surface area contributed by atoms with Crippen molar-refractivity contribution in [3.63, 3.8) is 0 Å². The maximum absolute atomic E-state index is 12.4. The molecule has 0 fully saturated rings. The van der Waals surface area contributed by atoms with Gasteiger partial charge < -0.3 is 14.0 Å². The van der Waals surface area contributed by atoms with Crippen LogP contribution in [0.5, 0.6) is 11.5 Å². The summed E-state index contributed by atoms with van der Waals surface area (Å²) in [5, 5.41) is 3.87. The molecule has 0 amide bonds. The predicted octanol–water partition coefficient (Wildman–Crippen LogP) is 2.79. The molecule has 8 heteroatoms. The van der Waals surface area contributed by atoms with Gasteiger partial charge in [0, 0.05) is 12.0 Å². The molecule has 0 atom stereocenters. The maximum atomic E-state index is 12.4. The lowest BCUT2D eigenvalue weighted by Gasteiger charge is -2.03. The molecule has 2 heterocycles. The van der Waals surface area contributed by atoms with E-state index in [4.69, 9.17) is 14.0 Å². The highest BCUT2D eigenvalue weighted by Crippen LogP contribution is 2.35. The summed E-state index contributed by atoms with van der Waals surface area (Å²) in [6.07, 6.45) is 0.171. The molecular formula is C18H16N2O5S. The van der Waals surface area contributed by atoms with Crippen molar-refractivity contribution in [1.82, 2.24) is 10.1 Å². The minimum atomic E-state index is -3.40. The second kappa shape index (κ2) is 6.45. The zero-order valence-electron chi connectivity index (χ0n) is 14.0. The van der Waals surface area contributed by atoms with Crippen LogP contribution in [0.4, 0.5) is 0 Å². The molecule has 1 aromatic heterocycles. The largest absolute Gasteiger partial charge is 0.454 e. The highest BCUT2D eigenvalue weighted by molar-refractivity contribution is 7.91. The second-order valence-electron chi connectivity index (χ2n) is 5.97. The molecule has 26 heavy (non-hydrogen) atoms. The highest BCUT2D eigenvalue weighted by Gasteiger charge is 2.19. The molecule has 0 N–H and O–H groups in total. The van der Waals surface area contributed by atoms with E-state index in [0.717, 1.165) is 5.56 Å². The maximum Gasteiger partial charge on any atom is 0.258 e. The first-order valence-corrected chi connectivity index (χ1v) is 9.68. The third kappa shape index (κ3) is 3.28. The van der Waals surface area contributed by atoms with Gasteiger partial charge in [0.2, 0.25) is 6.79 Å². The molecule has 0 aliphatic carbocycles. The van der Waals surface area contributed by atoms with Crippen molar-refractivity contribution in [3.05, 3.63) is 53.9 Å². The number of benzene rings is 2. The van der Waals surface area contributed by atoms with Gasteiger partial charge in [-0.25, -0.2) is 8.42 Å². The van der Waals surface area contributed by atoms with Crippen molar-refractivity contribution in [3.8, 4) is 23.0 Å². The molecule has 0 saturated heterocycles. The van der Waals surface area contributed by atoms with Gasteiger partial charge in [-0.1, -0.05) is 22.9 Å². The third-order valence-electron chi connectivity index (χ3n) is 4.06. The average molecular weight is 372 g/mol. The Morgan fingerprint density at radius 3 is 2.62 bits per heavy atom. The van der Waals surface area contributed by atoms with Gasteiger partial charge in [-0.15, -0.1) is 0 Å². The fraction of sp³-hybridized carbons (Fsp3) is 0.222. The average Bonchev–Trinajstić information content (AvgIpc) is 3.29. The number of sulfone groups is 1. The van der Waals surface area contributed by atoms with Gasteiger partial charge in [-0.3, -0.25) is 0 Å². The summed E-state index contributed by atoms with van der Waals surface area (Å²) >= 11 is 0. The molecule has 4 rings (SSSR count). The van der Waals surface area contributed by atoms with Crippen molar-refractivity contribution in [2.24, 2.45) is 0 Å². The first-order valence-electron chi connectivity index (χ1n) is 8.03. The van der Waals surface area contributed by atoms with Gasteiger partial charge in [-0.05, 0) is 37.3 Å². The minimum absolute atomic E-state index is 0.0871. The zero-order chi connectivity index (χ0) is 18.1. The molecule has 7 nitrogen and oxygen atoms in total. The van der Waals surface area contributed by atoms with E-state index in [9.17, 15) is 8.42 Å². The molecule has 3 aromatic rings. The Balaban J connectivity index is 1.48. The Hall–Kier alpha value is -2.87. The van der Waals surface area contributed by atoms with Gasteiger partial charge in [0.15, 0.2) is 27.2 Å². The van der Waals surface area contributed by atoms with Crippen molar-refractivity contribution in [2.45, 2.75) is 18.2 Å². The third-order valence-corrected chi connectivity index (χ3v) is 5.79. The molecule has 1 aliphatic rings. The lowest BCUT2D eigenvalue weighted by Crippen LogP contribution is -2.10. The molecule has 0 spiro atoms. The lowest BCUT2D eigenvalue weighted by molar-refractivity contribution is 0.174. The topological polar surface area (TPSA) is 91.5 Å². The molecule has 0 saturated carbocycles. The lowest BCUT2D eigenvalue weighted by atomic mass is 10.2. The van der Waals surface area contributed by atoms with Crippen LogP contribution in [0, 0.1) is 6.92 Å². The van der Waals surface area contributed by atoms with Crippen LogP contribution in [-0.4, -0.2) is 31.1 Å². The zero-order valence-corrected chi connectivity index (χ0v) is 14.8. The Morgan fingerprint density at radius 1 is 1.04 bits per heavy atom. The van der Waals surface area contributed by atoms with Crippen molar-refractivity contribution in [2.75, 3.05) is 12.5 Å². The summed E-state index contributed by atoms with van der Waals surface area (Å²) in [5.74, 6) is 1.84. The van der Waals surface area contributed by atoms with Crippen LogP contribution in [0.2, 0.25) is 0 Å². The summed E-state index contributed by atoms with van der Waals surface area (Å²) in [5.41, 5.74) is 1.70. The van der Waals surface area contributed by atoms with Crippen LogP contribution in [0.25, 0.3) is 11.5 Å². The fourth-order valence-corrected chi connectivity index (χ4v) is 3.83. The summed E-state index contributed by atoms with van der Waals surface area (Å²) in [6, 6.07) is 12.1. The number of aromatic nitrogens is 2. The number of ether oxygens (including phenoxy) is 2. The van der Waals surface area contributed by atoms with E-state index < -0.39 is 9.84 Å². The van der Waals surface area contributed by atoms with Gasteiger partial charge in [0.05, 0.1) is 10.6 Å². The van der Waals surface area contributed by atoms with E-state index in [0.29, 0.717) is 33.7 Å². The number of rotatable bonds is 5. The minimum Gasteiger partial charge on any atom is -0.454 e. The van der Waals surface area contributed by atoms with Gasteiger partial charge >= 0.3 is 0 Å². The molecule has 0 radical (unpaired) electrons. The quantitative estimate of drug-likeness (QED) is 0.680. The Kier molecular flexibility index (Phi) is 4.12. The molecule has 0 unspecified atom stereocenters. The number of nitrogens with zero attached hydrogens (tertiary/aromatic N) is 2. The van der Waals surface area contributed by atoms with Crippen LogP contribution in [-0.2, 0) is 16.3 Å². The summed E-state index contributed by atoms with van der Waals surface area (Å²) in [4.78, 5) is 4.57. The number of aryl methyl sites for hydroxylation is 2. The van der Waals surface area contributed by atoms with E-state index in [2.05, 4.69) is 10.1 Å². The van der Waals surface area contributed by atoms with E-state index in [1.165, 1.54) is 0 Å². The van der Waals surface area contributed by atoms with Gasteiger partial charge in [0.25, 0.3) is 5.89 Å². The molecule has 2 aromatic carbocycles. The van der Waals surface area contributed by atoms with Gasteiger partial charge in [-0.2, -0.15) is 4.98 Å². The summed E-state index contributed by atoms with van der Waals surface area (Å²) in [6.45, 7) is 2.10. The van der Waals surface area contributed by atoms with Crippen LogP contribution >= 0.6 is 0 Å². The Labute approximate surface area is 150 Å². The van der Waals surface area contributed by atoms with Crippen LogP contribution < -0.4 is 9.47 Å². The Morgan fingerprint density at radius 2 is 1.81 bits per heavy atom. The monoisotopic (exact) mass is 372 g/mol. The van der Waals surface area contributed by atoms with Crippen LogP contribution in [0.1, 0.15) is 11.4 Å². The van der Waals surface area contributed by atoms with E-state index in [-0.39, 0.29) is 19.0 Å². The first-order chi connectivity index (χ1) is 12.5. The predicted molar refractivity (Wildman–Crippen MR) is 92.8 cm³/mol. The van der Waals surface area contributed by atoms with Crippen LogP contribution in [0.3, 0.4) is 0 Å². The van der Waals surface area contributed by atoms with E-state index in [1.54, 1.807) is 42.5 Å². The molecule has 1 aliphatic heterocycles. The van der Waals surface area contributed by atoms with Crippen molar-refractivity contribution < 1.29 is 22.4 Å². The molecule has 134 valence electrons. The SMILES string of the molecule is Cc1ccc(S(=O)(=O)CCc2noc(-c3ccc4c(c3)OCO4)n2)cc1. The second-order valence-corrected chi connectivity index (χ2v) is 8.07. The normalized spacial score (nSPS) is 13.1. The summed E-state index contributed by atoms with van der Waals surface area (Å²) < 4.78 is 40.6. The van der Waals surface area contributed by atoms with Crippen molar-refractivity contribution >= 4 is 9.84 Å². The smallest absolute Gasteiger partial charge is 0.258 e. The van der Waals surface area contributed by atoms with Crippen molar-refractivity contribution in [1.29, 1.82) is 0 Å². The number of hydrogen-bond acceptors (Lipinski definition) is 7. The number of fused-ring (bicyclic) bond motifs is 1. The van der Waals surface area contributed by atoms with Gasteiger partial charge in [0.1, 0.15) is 0 Å². The fourth-order valence-electron chi connectivity index (χ4n) is 2.59. The van der Waals surface area contributed by atoms with E-state index >= 15 is 0 Å². The number of hydrogen-bond donors (Lipinski definition) is 0. The Bertz CT molecular complexity index is 1040. The standard InChI is InChI=1S/C18H16N2O5S/c1-12-2-5-14(6-3-12)26(21,22)9-8-17-19-18(25-20-17)13-4-7-15-16(10-13)24-11-23-15/h2-7,10H,8-9,11H2,1H3. The first kappa shape index (κ1) is 16.6. The summed E-state index contributed by atoms with van der Waals surface area (Å²) in [7, 11) is -3.40. The van der Waals surface area contributed by atoms with E-state index in [1.807, 2.05) is 6.92 Å². The highest BCUT2D eigenvalue weighted by atomic mass is 32.2. The van der Waals surface area contributed by atoms with Crippen LogP contribution in [0.15, 0.2) is 51.9 Å².